The zero-order valence-corrected chi connectivity index (χ0v) is 11.8. The van der Waals surface area contributed by atoms with E-state index in [4.69, 9.17) is 0 Å². The Balaban J connectivity index is 2.14. The average molecular weight is 275 g/mol. The van der Waals surface area contributed by atoms with Crippen LogP contribution in [-0.4, -0.2) is 14.7 Å². The van der Waals surface area contributed by atoms with Gasteiger partial charge in [0.1, 0.15) is 0 Å². The third-order valence-corrected chi connectivity index (χ3v) is 4.09. The van der Waals surface area contributed by atoms with Gasteiger partial charge in [0, 0.05) is 18.0 Å². The van der Waals surface area contributed by atoms with Gasteiger partial charge in [-0.1, -0.05) is 30.3 Å². The largest absolute Gasteiger partial charge is 0.379 e. The van der Waals surface area contributed by atoms with Crippen molar-refractivity contribution in [2.45, 2.75) is 17.9 Å². The molecule has 0 heterocycles. The lowest BCUT2D eigenvalue weighted by Crippen LogP contribution is -2.07. The minimum absolute atomic E-state index is 0.121. The molecule has 2 aromatic carbocycles. The quantitative estimate of drug-likeness (QED) is 0.931. The maximum Gasteiger partial charge on any atom is 0.175 e. The van der Waals surface area contributed by atoms with Gasteiger partial charge in [0.15, 0.2) is 9.84 Å². The van der Waals surface area contributed by atoms with E-state index >= 15 is 0 Å². The summed E-state index contributed by atoms with van der Waals surface area (Å²) in [6.45, 7) is 2.04. The molecule has 2 aromatic rings. The fourth-order valence-corrected chi connectivity index (χ4v) is 2.50. The van der Waals surface area contributed by atoms with Crippen molar-refractivity contribution in [3.05, 3.63) is 60.2 Å². The molecular weight excluding hydrogens is 258 g/mol. The summed E-state index contributed by atoms with van der Waals surface area (Å²) in [4.78, 5) is 0.350. The maximum atomic E-state index is 11.4. The summed E-state index contributed by atoms with van der Waals surface area (Å²) < 4.78 is 22.8. The van der Waals surface area contributed by atoms with E-state index < -0.39 is 9.84 Å². The zero-order chi connectivity index (χ0) is 13.9. The Morgan fingerprint density at radius 3 is 2.05 bits per heavy atom. The van der Waals surface area contributed by atoms with Crippen LogP contribution in [-0.2, 0) is 9.84 Å². The molecule has 0 saturated carbocycles. The molecule has 100 valence electrons. The predicted octanol–water partition coefficient (Wildman–Crippen LogP) is 3.26. The average Bonchev–Trinajstić information content (AvgIpc) is 2.39. The fraction of sp³-hybridized carbons (Fsp3) is 0.200. The number of hydrogen-bond acceptors (Lipinski definition) is 3. The predicted molar refractivity (Wildman–Crippen MR) is 78.0 cm³/mol. The van der Waals surface area contributed by atoms with Gasteiger partial charge in [0.2, 0.25) is 0 Å². The molecule has 2 rings (SSSR count). The molecule has 0 saturated heterocycles. The van der Waals surface area contributed by atoms with Crippen molar-refractivity contribution in [3.63, 3.8) is 0 Å². The summed E-state index contributed by atoms with van der Waals surface area (Å²) in [6, 6.07) is 17.0. The van der Waals surface area contributed by atoms with Crippen molar-refractivity contribution in [2.24, 2.45) is 0 Å². The van der Waals surface area contributed by atoms with E-state index in [2.05, 4.69) is 5.32 Å². The standard InChI is InChI=1S/C15H17NO2S/c1-12(16-14-6-4-3-5-7-14)13-8-10-15(11-9-13)19(2,17)18/h3-12,16H,1-2H3. The van der Waals surface area contributed by atoms with E-state index in [1.165, 1.54) is 6.26 Å². The Morgan fingerprint density at radius 1 is 0.947 bits per heavy atom. The van der Waals surface area contributed by atoms with Crippen LogP contribution in [0.2, 0.25) is 0 Å². The maximum absolute atomic E-state index is 11.4. The highest BCUT2D eigenvalue weighted by molar-refractivity contribution is 7.90. The SMILES string of the molecule is CC(Nc1ccccc1)c1ccc(S(C)(=O)=O)cc1. The van der Waals surface area contributed by atoms with E-state index in [-0.39, 0.29) is 6.04 Å². The number of sulfone groups is 1. The van der Waals surface area contributed by atoms with Crippen LogP contribution in [0.4, 0.5) is 5.69 Å². The highest BCUT2D eigenvalue weighted by Gasteiger charge is 2.09. The first kappa shape index (κ1) is 13.6. The van der Waals surface area contributed by atoms with Crippen LogP contribution in [0.15, 0.2) is 59.5 Å². The topological polar surface area (TPSA) is 46.2 Å². The molecule has 1 N–H and O–H groups in total. The van der Waals surface area contributed by atoms with E-state index in [9.17, 15) is 8.42 Å². The summed E-state index contributed by atoms with van der Waals surface area (Å²) in [5.41, 5.74) is 2.10. The Hall–Kier alpha value is -1.81. The van der Waals surface area contributed by atoms with Crippen LogP contribution in [0, 0.1) is 0 Å². The minimum Gasteiger partial charge on any atom is -0.379 e. The van der Waals surface area contributed by atoms with E-state index in [0.717, 1.165) is 11.3 Å². The molecule has 1 atom stereocenters. The van der Waals surface area contributed by atoms with Crippen LogP contribution in [0.25, 0.3) is 0 Å². The van der Waals surface area contributed by atoms with E-state index in [1.807, 2.05) is 49.4 Å². The van der Waals surface area contributed by atoms with Crippen LogP contribution in [0.5, 0.6) is 0 Å². The number of benzene rings is 2. The molecular formula is C15H17NO2S. The smallest absolute Gasteiger partial charge is 0.175 e. The molecule has 19 heavy (non-hydrogen) atoms. The van der Waals surface area contributed by atoms with Crippen molar-refractivity contribution in [1.29, 1.82) is 0 Å². The molecule has 3 nitrogen and oxygen atoms in total. The second kappa shape index (κ2) is 5.45. The van der Waals surface area contributed by atoms with Gasteiger partial charge in [-0.15, -0.1) is 0 Å². The molecule has 0 spiro atoms. The molecule has 0 amide bonds. The van der Waals surface area contributed by atoms with Crippen LogP contribution < -0.4 is 5.32 Å². The summed E-state index contributed by atoms with van der Waals surface area (Å²) in [5, 5.41) is 3.37. The Kier molecular flexibility index (Phi) is 3.90. The first-order chi connectivity index (χ1) is 8.97. The first-order valence-corrected chi connectivity index (χ1v) is 7.97. The lowest BCUT2D eigenvalue weighted by molar-refractivity contribution is 0.602. The van der Waals surface area contributed by atoms with E-state index in [0.29, 0.717) is 4.90 Å². The fourth-order valence-electron chi connectivity index (χ4n) is 1.87. The molecule has 0 aliphatic heterocycles. The van der Waals surface area contributed by atoms with E-state index in [1.54, 1.807) is 12.1 Å². The number of anilines is 1. The molecule has 0 radical (unpaired) electrons. The van der Waals surface area contributed by atoms with Gasteiger partial charge in [-0.05, 0) is 36.8 Å². The van der Waals surface area contributed by atoms with Crippen LogP contribution in [0.3, 0.4) is 0 Å². The zero-order valence-electron chi connectivity index (χ0n) is 11.0. The van der Waals surface area contributed by atoms with Gasteiger partial charge in [0.25, 0.3) is 0 Å². The normalized spacial score (nSPS) is 12.9. The van der Waals surface area contributed by atoms with Gasteiger partial charge in [-0.3, -0.25) is 0 Å². The molecule has 0 aromatic heterocycles. The second-order valence-corrected chi connectivity index (χ2v) is 6.59. The third-order valence-electron chi connectivity index (χ3n) is 2.97. The highest BCUT2D eigenvalue weighted by atomic mass is 32.2. The third kappa shape index (κ3) is 3.58. The van der Waals surface area contributed by atoms with Crippen LogP contribution in [0.1, 0.15) is 18.5 Å². The number of rotatable bonds is 4. The van der Waals surface area contributed by atoms with Crippen molar-refractivity contribution in [2.75, 3.05) is 11.6 Å². The Labute approximate surface area is 114 Å². The number of nitrogens with one attached hydrogen (secondary N) is 1. The number of hydrogen-bond donors (Lipinski definition) is 1. The highest BCUT2D eigenvalue weighted by Crippen LogP contribution is 2.20. The van der Waals surface area contributed by atoms with Crippen LogP contribution >= 0.6 is 0 Å². The minimum atomic E-state index is -3.12. The number of para-hydroxylation sites is 1. The summed E-state index contributed by atoms with van der Waals surface area (Å²) in [5.74, 6) is 0. The Bertz CT molecular complexity index is 634. The Morgan fingerprint density at radius 2 is 1.53 bits per heavy atom. The summed E-state index contributed by atoms with van der Waals surface area (Å²) in [7, 11) is -3.12. The lowest BCUT2D eigenvalue weighted by Gasteiger charge is -2.16. The monoisotopic (exact) mass is 275 g/mol. The van der Waals surface area contributed by atoms with Crippen molar-refractivity contribution >= 4 is 15.5 Å². The van der Waals surface area contributed by atoms with Gasteiger partial charge < -0.3 is 5.32 Å². The summed E-state index contributed by atoms with van der Waals surface area (Å²) >= 11 is 0. The van der Waals surface area contributed by atoms with Gasteiger partial charge in [0.05, 0.1) is 4.90 Å². The summed E-state index contributed by atoms with van der Waals surface area (Å²) in [6.07, 6.45) is 1.22. The molecule has 1 unspecified atom stereocenters. The second-order valence-electron chi connectivity index (χ2n) is 4.57. The van der Waals surface area contributed by atoms with Gasteiger partial charge in [-0.2, -0.15) is 0 Å². The van der Waals surface area contributed by atoms with Crippen molar-refractivity contribution < 1.29 is 8.42 Å². The van der Waals surface area contributed by atoms with Crippen molar-refractivity contribution in [1.82, 2.24) is 0 Å². The van der Waals surface area contributed by atoms with Gasteiger partial charge >= 0.3 is 0 Å². The molecule has 0 bridgehead atoms. The molecule has 0 aliphatic rings. The van der Waals surface area contributed by atoms with Gasteiger partial charge in [-0.25, -0.2) is 8.42 Å². The molecule has 4 heteroatoms. The molecule has 0 fully saturated rings. The van der Waals surface area contributed by atoms with Crippen molar-refractivity contribution in [3.8, 4) is 0 Å². The first-order valence-electron chi connectivity index (χ1n) is 6.08. The molecule has 0 aliphatic carbocycles. The lowest BCUT2D eigenvalue weighted by atomic mass is 10.1.